The number of fused-ring (bicyclic) bond motifs is 1. The van der Waals surface area contributed by atoms with Crippen molar-refractivity contribution < 1.29 is 4.74 Å². The Bertz CT molecular complexity index is 1030. The van der Waals surface area contributed by atoms with Gasteiger partial charge in [-0.25, -0.2) is 9.98 Å². The summed E-state index contributed by atoms with van der Waals surface area (Å²) in [5.41, 5.74) is 4.43. The topological polar surface area (TPSA) is 92.1 Å². The van der Waals surface area contributed by atoms with Crippen LogP contribution in [0.1, 0.15) is 12.5 Å². The Balaban J connectivity index is 1.70. The van der Waals surface area contributed by atoms with Gasteiger partial charge in [0.1, 0.15) is 5.69 Å². The molecule has 3 aromatic heterocycles. The van der Waals surface area contributed by atoms with Crippen molar-refractivity contribution in [3.63, 3.8) is 0 Å². The fourth-order valence-electron chi connectivity index (χ4n) is 2.98. The molecule has 26 heavy (non-hydrogen) atoms. The molecule has 1 unspecified atom stereocenters. The fraction of sp³-hybridized carbons (Fsp3) is 0.235. The summed E-state index contributed by atoms with van der Waals surface area (Å²) in [5.74, 6) is 0.516. The van der Waals surface area contributed by atoms with E-state index < -0.39 is 0 Å². The van der Waals surface area contributed by atoms with Crippen molar-refractivity contribution >= 4 is 33.9 Å². The number of halogens is 1. The Kier molecular flexibility index (Phi) is 4.04. The van der Waals surface area contributed by atoms with Crippen molar-refractivity contribution in [2.75, 3.05) is 12.4 Å². The van der Waals surface area contributed by atoms with Gasteiger partial charge >= 0.3 is 0 Å². The quantitative estimate of drug-likeness (QED) is 0.613. The average Bonchev–Trinajstić information content (AvgIpc) is 3.21. The zero-order valence-corrected chi connectivity index (χ0v) is 15.3. The molecule has 3 aromatic rings. The molecule has 0 saturated carbocycles. The molecule has 134 valence electrons. The number of aromatic amines is 1. The molecule has 9 heteroatoms. The molecule has 1 aliphatic heterocycles. The number of aromatic nitrogens is 4. The van der Waals surface area contributed by atoms with Crippen LogP contribution in [0.5, 0.6) is 5.88 Å². The number of anilines is 1. The Morgan fingerprint density at radius 2 is 2.23 bits per heavy atom. The van der Waals surface area contributed by atoms with Crippen LogP contribution in [-0.2, 0) is 7.05 Å². The molecular weight excluding hydrogens is 354 g/mol. The number of aliphatic imine (C=N–C) groups is 1. The molecule has 0 bridgehead atoms. The van der Waals surface area contributed by atoms with Gasteiger partial charge in [0.2, 0.25) is 0 Å². The molecule has 0 saturated heterocycles. The summed E-state index contributed by atoms with van der Waals surface area (Å²) in [4.78, 5) is 12.1. The number of methoxy groups -OCH3 is 1. The molecule has 0 radical (unpaired) electrons. The third-order valence-electron chi connectivity index (χ3n) is 4.18. The maximum Gasteiger partial charge on any atom is 0.256 e. The zero-order chi connectivity index (χ0) is 18.3. The molecule has 0 aromatic carbocycles. The second-order valence-electron chi connectivity index (χ2n) is 5.97. The van der Waals surface area contributed by atoms with Crippen LogP contribution < -0.4 is 15.4 Å². The molecular formula is C17H18ClN7O. The third-order valence-corrected chi connectivity index (χ3v) is 4.47. The lowest BCUT2D eigenvalue weighted by molar-refractivity contribution is 0.392. The standard InChI is InChI=1S/C17H18ClN7O/c1-9-6-21-17(22-12-8-25(2)24-16(12)26-3)23-13(9)11-7-20-14-10(11)4-5-19-15(14)18/h4-8,17,20-22H,1-3H3. The number of pyridine rings is 1. The van der Waals surface area contributed by atoms with Gasteiger partial charge in [-0.1, -0.05) is 11.6 Å². The first-order valence-corrected chi connectivity index (χ1v) is 8.41. The predicted octanol–water partition coefficient (Wildman–Crippen LogP) is 2.65. The number of H-pyrrole nitrogens is 1. The summed E-state index contributed by atoms with van der Waals surface area (Å²) in [5, 5.41) is 12.2. The van der Waals surface area contributed by atoms with E-state index in [0.29, 0.717) is 11.0 Å². The van der Waals surface area contributed by atoms with E-state index in [-0.39, 0.29) is 6.29 Å². The van der Waals surface area contributed by atoms with Crippen LogP contribution in [0.25, 0.3) is 10.9 Å². The number of hydrogen-bond donors (Lipinski definition) is 3. The number of nitrogens with one attached hydrogen (secondary N) is 3. The molecule has 4 rings (SSSR count). The van der Waals surface area contributed by atoms with E-state index in [0.717, 1.165) is 33.4 Å². The highest BCUT2D eigenvalue weighted by Gasteiger charge is 2.20. The Morgan fingerprint density at radius 1 is 1.38 bits per heavy atom. The van der Waals surface area contributed by atoms with E-state index in [1.807, 2.05) is 38.6 Å². The first kappa shape index (κ1) is 16.5. The molecule has 8 nitrogen and oxygen atoms in total. The van der Waals surface area contributed by atoms with Gasteiger partial charge in [0, 0.05) is 36.6 Å². The number of hydrogen-bond acceptors (Lipinski definition) is 6. The SMILES string of the molecule is COc1nn(C)cc1NC1N=C(c2c[nH]c3c(Cl)nccc23)C(C)=CN1. The highest BCUT2D eigenvalue weighted by atomic mass is 35.5. The van der Waals surface area contributed by atoms with E-state index in [4.69, 9.17) is 21.3 Å². The molecule has 3 N–H and O–H groups in total. The number of allylic oxidation sites excluding steroid dienone is 1. The minimum absolute atomic E-state index is 0.353. The van der Waals surface area contributed by atoms with Gasteiger partial charge in [-0.05, 0) is 18.6 Å². The smallest absolute Gasteiger partial charge is 0.256 e. The van der Waals surface area contributed by atoms with E-state index in [9.17, 15) is 0 Å². The summed E-state index contributed by atoms with van der Waals surface area (Å²) in [7, 11) is 3.43. The molecule has 0 spiro atoms. The normalized spacial score (nSPS) is 16.8. The second-order valence-corrected chi connectivity index (χ2v) is 6.33. The maximum atomic E-state index is 6.17. The second kappa shape index (κ2) is 6.38. The number of rotatable bonds is 4. The lowest BCUT2D eigenvalue weighted by atomic mass is 10.0. The van der Waals surface area contributed by atoms with Crippen LogP contribution in [0, 0.1) is 0 Å². The molecule has 0 amide bonds. The van der Waals surface area contributed by atoms with Crippen LogP contribution in [0.15, 0.2) is 41.4 Å². The lowest BCUT2D eigenvalue weighted by Gasteiger charge is -2.22. The first-order chi connectivity index (χ1) is 12.6. The molecule has 4 heterocycles. The van der Waals surface area contributed by atoms with E-state index >= 15 is 0 Å². The van der Waals surface area contributed by atoms with Gasteiger partial charge in [-0.15, -0.1) is 5.10 Å². The number of aryl methyl sites for hydroxylation is 1. The number of ether oxygens (including phenoxy) is 1. The van der Waals surface area contributed by atoms with Crippen molar-refractivity contribution in [1.82, 2.24) is 25.1 Å². The van der Waals surface area contributed by atoms with Gasteiger partial charge in [0.15, 0.2) is 11.4 Å². The minimum atomic E-state index is -0.353. The monoisotopic (exact) mass is 371 g/mol. The summed E-state index contributed by atoms with van der Waals surface area (Å²) >= 11 is 6.17. The van der Waals surface area contributed by atoms with Gasteiger partial charge in [0.25, 0.3) is 5.88 Å². The minimum Gasteiger partial charge on any atom is -0.478 e. The van der Waals surface area contributed by atoms with E-state index in [1.165, 1.54) is 0 Å². The molecule has 0 fully saturated rings. The molecule has 1 aliphatic rings. The van der Waals surface area contributed by atoms with Crippen molar-refractivity contribution in [2.45, 2.75) is 13.2 Å². The first-order valence-electron chi connectivity index (χ1n) is 8.04. The molecule has 1 atom stereocenters. The van der Waals surface area contributed by atoms with Crippen LogP contribution in [0.4, 0.5) is 5.69 Å². The summed E-state index contributed by atoms with van der Waals surface area (Å²) in [6.45, 7) is 2.01. The maximum absolute atomic E-state index is 6.17. The lowest BCUT2D eigenvalue weighted by Crippen LogP contribution is -2.35. The van der Waals surface area contributed by atoms with Crippen LogP contribution >= 0.6 is 11.6 Å². The van der Waals surface area contributed by atoms with Gasteiger partial charge in [-0.2, -0.15) is 0 Å². The summed E-state index contributed by atoms with van der Waals surface area (Å²) < 4.78 is 6.97. The van der Waals surface area contributed by atoms with E-state index in [1.54, 1.807) is 18.0 Å². The Labute approximate surface area is 154 Å². The van der Waals surface area contributed by atoms with Crippen LogP contribution in [0.3, 0.4) is 0 Å². The summed E-state index contributed by atoms with van der Waals surface area (Å²) in [6.07, 6.45) is 7.03. The van der Waals surface area contributed by atoms with Crippen LogP contribution in [0.2, 0.25) is 5.15 Å². The Morgan fingerprint density at radius 3 is 3.04 bits per heavy atom. The van der Waals surface area contributed by atoms with Gasteiger partial charge in [-0.3, -0.25) is 4.68 Å². The molecule has 0 aliphatic carbocycles. The predicted molar refractivity (Wildman–Crippen MR) is 102 cm³/mol. The van der Waals surface area contributed by atoms with E-state index in [2.05, 4.69) is 25.7 Å². The number of nitrogens with zero attached hydrogens (tertiary/aromatic N) is 4. The van der Waals surface area contributed by atoms with Crippen molar-refractivity contribution in [2.24, 2.45) is 12.0 Å². The Hall–Kier alpha value is -3.00. The highest BCUT2D eigenvalue weighted by Crippen LogP contribution is 2.27. The van der Waals surface area contributed by atoms with Crippen molar-refractivity contribution in [1.29, 1.82) is 0 Å². The zero-order valence-electron chi connectivity index (χ0n) is 14.5. The highest BCUT2D eigenvalue weighted by molar-refractivity contribution is 6.34. The average molecular weight is 372 g/mol. The van der Waals surface area contributed by atoms with Crippen LogP contribution in [-0.4, -0.2) is 38.9 Å². The van der Waals surface area contributed by atoms with Crippen molar-refractivity contribution in [3.05, 3.63) is 47.1 Å². The van der Waals surface area contributed by atoms with Crippen molar-refractivity contribution in [3.8, 4) is 5.88 Å². The fourth-order valence-corrected chi connectivity index (χ4v) is 3.19. The van der Waals surface area contributed by atoms with Gasteiger partial charge < -0.3 is 20.4 Å². The third kappa shape index (κ3) is 2.78. The summed E-state index contributed by atoms with van der Waals surface area (Å²) in [6, 6.07) is 1.93. The van der Waals surface area contributed by atoms with Gasteiger partial charge in [0.05, 0.1) is 24.5 Å². The largest absolute Gasteiger partial charge is 0.478 e.